The van der Waals surface area contributed by atoms with Crippen molar-refractivity contribution in [1.29, 1.82) is 0 Å². The molecule has 112 valence electrons. The number of hydrogen-bond acceptors (Lipinski definition) is 3. The quantitative estimate of drug-likeness (QED) is 0.895. The van der Waals surface area contributed by atoms with Crippen LogP contribution in [0.4, 0.5) is 0 Å². The van der Waals surface area contributed by atoms with Crippen molar-refractivity contribution in [2.24, 2.45) is 5.73 Å². The zero-order chi connectivity index (χ0) is 14.8. The standard InChI is InChI=1S/C15H24N2O2S/c1-12-8-13(2)10-14(9-12)20(18,19)17-11-15(16)6-4-3-5-7-15/h8-10,17H,3-7,11,16H2,1-2H3. The molecule has 1 fully saturated rings. The predicted molar refractivity (Wildman–Crippen MR) is 81.1 cm³/mol. The van der Waals surface area contributed by atoms with Gasteiger partial charge >= 0.3 is 0 Å². The van der Waals surface area contributed by atoms with E-state index >= 15 is 0 Å². The van der Waals surface area contributed by atoms with E-state index in [0.29, 0.717) is 11.4 Å². The molecule has 0 radical (unpaired) electrons. The third kappa shape index (κ3) is 3.81. The molecule has 3 N–H and O–H groups in total. The van der Waals surface area contributed by atoms with Crippen molar-refractivity contribution >= 4 is 10.0 Å². The van der Waals surface area contributed by atoms with Crippen LogP contribution in [-0.4, -0.2) is 20.5 Å². The first-order valence-corrected chi connectivity index (χ1v) is 8.66. The molecule has 20 heavy (non-hydrogen) atoms. The Kier molecular flexibility index (Phi) is 4.52. The molecule has 0 heterocycles. The largest absolute Gasteiger partial charge is 0.324 e. The summed E-state index contributed by atoms with van der Waals surface area (Å²) in [6.07, 6.45) is 5.15. The van der Waals surface area contributed by atoms with Gasteiger partial charge in [0, 0.05) is 12.1 Å². The normalized spacial score (nSPS) is 18.9. The Labute approximate surface area is 121 Å². The van der Waals surface area contributed by atoms with Gasteiger partial charge in [0.25, 0.3) is 0 Å². The highest BCUT2D eigenvalue weighted by atomic mass is 32.2. The van der Waals surface area contributed by atoms with Crippen LogP contribution in [-0.2, 0) is 10.0 Å². The fraction of sp³-hybridized carbons (Fsp3) is 0.600. The molecular formula is C15H24N2O2S. The molecule has 0 aliphatic heterocycles. The summed E-state index contributed by atoms with van der Waals surface area (Å²) in [5.41, 5.74) is 7.79. The van der Waals surface area contributed by atoms with Gasteiger partial charge in [0.2, 0.25) is 10.0 Å². The van der Waals surface area contributed by atoms with Gasteiger partial charge in [0.1, 0.15) is 0 Å². The van der Waals surface area contributed by atoms with Crippen molar-refractivity contribution in [3.8, 4) is 0 Å². The van der Waals surface area contributed by atoms with Gasteiger partial charge in [0.05, 0.1) is 4.90 Å². The molecule has 0 aromatic heterocycles. The van der Waals surface area contributed by atoms with Crippen LogP contribution < -0.4 is 10.5 Å². The van der Waals surface area contributed by atoms with Crippen LogP contribution in [0.15, 0.2) is 23.1 Å². The van der Waals surface area contributed by atoms with Gasteiger partial charge in [-0.15, -0.1) is 0 Å². The maximum atomic E-state index is 12.4. The molecule has 1 aliphatic rings. The van der Waals surface area contributed by atoms with Crippen molar-refractivity contribution in [2.45, 2.75) is 56.4 Å². The molecule has 0 unspecified atom stereocenters. The summed E-state index contributed by atoms with van der Waals surface area (Å²) in [6.45, 7) is 4.12. The van der Waals surface area contributed by atoms with Crippen LogP contribution in [0.3, 0.4) is 0 Å². The molecule has 1 saturated carbocycles. The van der Waals surface area contributed by atoms with Gasteiger partial charge in [-0.05, 0) is 49.9 Å². The number of hydrogen-bond donors (Lipinski definition) is 2. The molecule has 4 nitrogen and oxygen atoms in total. The lowest BCUT2D eigenvalue weighted by molar-refractivity contribution is 0.296. The van der Waals surface area contributed by atoms with E-state index in [2.05, 4.69) is 4.72 Å². The number of nitrogens with two attached hydrogens (primary N) is 1. The van der Waals surface area contributed by atoms with E-state index < -0.39 is 10.0 Å². The Morgan fingerprint density at radius 2 is 1.65 bits per heavy atom. The average molecular weight is 296 g/mol. The summed E-state index contributed by atoms with van der Waals surface area (Å²) in [5.74, 6) is 0. The highest BCUT2D eigenvalue weighted by Crippen LogP contribution is 2.25. The molecule has 1 aliphatic carbocycles. The molecule has 0 amide bonds. The Morgan fingerprint density at radius 1 is 1.10 bits per heavy atom. The van der Waals surface area contributed by atoms with Gasteiger partial charge < -0.3 is 5.73 Å². The van der Waals surface area contributed by atoms with Crippen LogP contribution in [0.5, 0.6) is 0 Å². The SMILES string of the molecule is Cc1cc(C)cc(S(=O)(=O)NCC2(N)CCCCC2)c1. The predicted octanol–water partition coefficient (Wildman–Crippen LogP) is 2.24. The van der Waals surface area contributed by atoms with Gasteiger partial charge in [-0.3, -0.25) is 0 Å². The smallest absolute Gasteiger partial charge is 0.240 e. The summed E-state index contributed by atoms with van der Waals surface area (Å²) >= 11 is 0. The Hall–Kier alpha value is -0.910. The summed E-state index contributed by atoms with van der Waals surface area (Å²) in [4.78, 5) is 0.328. The molecule has 0 atom stereocenters. The first-order valence-electron chi connectivity index (χ1n) is 7.18. The van der Waals surface area contributed by atoms with E-state index in [1.54, 1.807) is 12.1 Å². The van der Waals surface area contributed by atoms with E-state index in [4.69, 9.17) is 5.73 Å². The minimum atomic E-state index is -3.47. The summed E-state index contributed by atoms with van der Waals surface area (Å²) in [7, 11) is -3.47. The molecular weight excluding hydrogens is 272 g/mol. The maximum absolute atomic E-state index is 12.4. The van der Waals surface area contributed by atoms with E-state index in [1.165, 1.54) is 6.42 Å². The van der Waals surface area contributed by atoms with Crippen LogP contribution in [0, 0.1) is 13.8 Å². The molecule has 0 saturated heterocycles. The minimum absolute atomic E-state index is 0.322. The first kappa shape index (κ1) is 15.5. The topological polar surface area (TPSA) is 72.2 Å². The molecule has 0 bridgehead atoms. The molecule has 1 aromatic carbocycles. The molecule has 1 aromatic rings. The van der Waals surface area contributed by atoms with Crippen molar-refractivity contribution < 1.29 is 8.42 Å². The van der Waals surface area contributed by atoms with Crippen LogP contribution >= 0.6 is 0 Å². The second-order valence-electron chi connectivity index (χ2n) is 6.07. The summed E-state index contributed by atoms with van der Waals surface area (Å²) in [5, 5.41) is 0. The summed E-state index contributed by atoms with van der Waals surface area (Å²) < 4.78 is 27.4. The molecule has 2 rings (SSSR count). The highest BCUT2D eigenvalue weighted by molar-refractivity contribution is 7.89. The fourth-order valence-electron chi connectivity index (χ4n) is 2.84. The van der Waals surface area contributed by atoms with Crippen LogP contribution in [0.2, 0.25) is 0 Å². The van der Waals surface area contributed by atoms with Crippen molar-refractivity contribution in [3.05, 3.63) is 29.3 Å². The lowest BCUT2D eigenvalue weighted by Crippen LogP contribution is -2.51. The zero-order valence-corrected chi connectivity index (χ0v) is 13.1. The van der Waals surface area contributed by atoms with E-state index in [1.807, 2.05) is 19.9 Å². The molecule has 0 spiro atoms. The number of nitrogens with one attached hydrogen (secondary N) is 1. The lowest BCUT2D eigenvalue weighted by atomic mass is 9.83. The van der Waals surface area contributed by atoms with Gasteiger partial charge in [-0.1, -0.05) is 25.3 Å². The van der Waals surface area contributed by atoms with Gasteiger partial charge in [-0.2, -0.15) is 0 Å². The van der Waals surface area contributed by atoms with Gasteiger partial charge in [0.15, 0.2) is 0 Å². The number of aryl methyl sites for hydroxylation is 2. The Morgan fingerprint density at radius 3 is 2.20 bits per heavy atom. The summed E-state index contributed by atoms with van der Waals surface area (Å²) in [6, 6.07) is 5.35. The third-order valence-electron chi connectivity index (χ3n) is 3.97. The minimum Gasteiger partial charge on any atom is -0.324 e. The highest BCUT2D eigenvalue weighted by Gasteiger charge is 2.29. The number of benzene rings is 1. The average Bonchev–Trinajstić information content (AvgIpc) is 2.37. The zero-order valence-electron chi connectivity index (χ0n) is 12.3. The maximum Gasteiger partial charge on any atom is 0.240 e. The second kappa shape index (κ2) is 5.84. The third-order valence-corrected chi connectivity index (χ3v) is 5.35. The Balaban J connectivity index is 2.11. The number of sulfonamides is 1. The number of rotatable bonds is 4. The van der Waals surface area contributed by atoms with Crippen LogP contribution in [0.1, 0.15) is 43.2 Å². The van der Waals surface area contributed by atoms with E-state index in [-0.39, 0.29) is 5.54 Å². The fourth-order valence-corrected chi connectivity index (χ4v) is 4.17. The van der Waals surface area contributed by atoms with E-state index in [9.17, 15) is 8.42 Å². The lowest BCUT2D eigenvalue weighted by Gasteiger charge is -2.33. The first-order chi connectivity index (χ1) is 9.31. The van der Waals surface area contributed by atoms with Gasteiger partial charge in [-0.25, -0.2) is 13.1 Å². The van der Waals surface area contributed by atoms with Crippen molar-refractivity contribution in [1.82, 2.24) is 4.72 Å². The Bertz CT molecular complexity index is 555. The second-order valence-corrected chi connectivity index (χ2v) is 7.84. The monoisotopic (exact) mass is 296 g/mol. The van der Waals surface area contributed by atoms with Crippen molar-refractivity contribution in [2.75, 3.05) is 6.54 Å². The van der Waals surface area contributed by atoms with Crippen molar-refractivity contribution in [3.63, 3.8) is 0 Å². The van der Waals surface area contributed by atoms with E-state index in [0.717, 1.165) is 36.8 Å². The van der Waals surface area contributed by atoms with Crippen LogP contribution in [0.25, 0.3) is 0 Å². The molecule has 5 heteroatoms.